The Balaban J connectivity index is 0.000000222. The molecule has 0 aliphatic rings. The number of hydrogen-bond donors (Lipinski definition) is 3. The van der Waals surface area contributed by atoms with Crippen LogP contribution in [0.15, 0.2) is 179 Å². The van der Waals surface area contributed by atoms with E-state index in [0.717, 1.165) is 86.3 Å². The van der Waals surface area contributed by atoms with Gasteiger partial charge in [-0.15, -0.1) is 35.6 Å². The highest BCUT2D eigenvalue weighted by Crippen LogP contribution is 2.34. The molecule has 0 aliphatic carbocycles. The number of pyridine rings is 6. The number of nitrogens with zero attached hydrogens (tertiary/aromatic N) is 6. The number of rotatable bonds is 12. The van der Waals surface area contributed by atoms with Crippen molar-refractivity contribution in [3.8, 4) is 67.4 Å². The van der Waals surface area contributed by atoms with Crippen molar-refractivity contribution in [1.82, 2.24) is 35.2 Å². The van der Waals surface area contributed by atoms with E-state index in [1.165, 1.54) is 0 Å². The number of aromatic nitrogens is 6. The van der Waals surface area contributed by atoms with Gasteiger partial charge in [0, 0.05) is 121 Å². The predicted octanol–water partition coefficient (Wildman–Crippen LogP) is 13.0. The van der Waals surface area contributed by atoms with Crippen molar-refractivity contribution >= 4 is 41.7 Å². The van der Waals surface area contributed by atoms with Crippen LogP contribution in [0.4, 0.5) is 4.79 Å². The normalized spacial score (nSPS) is 10.3. The van der Waals surface area contributed by atoms with Crippen LogP contribution in [-0.4, -0.2) is 60.2 Å². The van der Waals surface area contributed by atoms with Crippen molar-refractivity contribution in [2.24, 2.45) is 11.5 Å². The van der Waals surface area contributed by atoms with Crippen LogP contribution >= 0.6 is 35.6 Å². The summed E-state index contributed by atoms with van der Waals surface area (Å²) in [6.07, 6.45) is 20.8. The summed E-state index contributed by atoms with van der Waals surface area (Å²) >= 11 is 9.53. The van der Waals surface area contributed by atoms with Gasteiger partial charge in [-0.3, -0.25) is 29.9 Å². The number of nitrogens with one attached hydrogen (secondary N) is 1. The van der Waals surface area contributed by atoms with Gasteiger partial charge in [-0.1, -0.05) is 18.2 Å². The standard InChI is InChI=1S/C20H21N3O3.2C15H13N3O.C4H10O.CH2Cl2.ClH/c1-20(2,3)26-19(24)23-12-15-6-7-18(25-15)17-13-22-10-8-16(17)14-5-4-9-21-11-14;2*16-8-12-3-4-15(19-12)14-10-18-7-5-13(14)11-2-1-6-17-9-11;1-3-5-4-2;2-1-3;/h4-11,13H,12H2,1-3H3,(H,23,24);2*1-7,9-10H,8,16H2;3-4H2,1-2H3;1H2;1H. The minimum Gasteiger partial charge on any atom is -0.460 e. The van der Waals surface area contributed by atoms with Crippen LogP contribution < -0.4 is 16.8 Å². The van der Waals surface area contributed by atoms with Gasteiger partial charge in [0.25, 0.3) is 0 Å². The van der Waals surface area contributed by atoms with E-state index in [-0.39, 0.29) is 24.3 Å². The zero-order valence-corrected chi connectivity index (χ0v) is 43.6. The topological polar surface area (TPSA) is 216 Å². The van der Waals surface area contributed by atoms with Crippen LogP contribution in [0.2, 0.25) is 0 Å². The first kappa shape index (κ1) is 58.3. The average Bonchev–Trinajstić information content (AvgIpc) is 4.22. The number of nitrogens with two attached hydrogens (primary N) is 2. The zero-order valence-electron chi connectivity index (χ0n) is 41.3. The third-order valence-electron chi connectivity index (χ3n) is 9.78. The molecule has 0 atom stereocenters. The van der Waals surface area contributed by atoms with E-state index in [2.05, 4.69) is 35.2 Å². The van der Waals surface area contributed by atoms with Crippen molar-refractivity contribution in [3.05, 3.63) is 183 Å². The van der Waals surface area contributed by atoms with Crippen molar-refractivity contribution in [2.45, 2.75) is 59.9 Å². The lowest BCUT2D eigenvalue weighted by molar-refractivity contribution is 0.0520. The molecule has 9 aromatic rings. The smallest absolute Gasteiger partial charge is 0.408 e. The molecule has 18 heteroatoms. The molecule has 9 heterocycles. The summed E-state index contributed by atoms with van der Waals surface area (Å²) < 4.78 is 27.3. The number of furan rings is 3. The summed E-state index contributed by atoms with van der Waals surface area (Å²) in [5.41, 5.74) is 19.5. The Kier molecular flexibility index (Phi) is 25.0. The molecule has 9 aromatic heterocycles. The van der Waals surface area contributed by atoms with Gasteiger partial charge in [0.2, 0.25) is 0 Å². The Hall–Kier alpha value is -7.24. The predicted molar refractivity (Wildman–Crippen MR) is 290 cm³/mol. The summed E-state index contributed by atoms with van der Waals surface area (Å²) in [6.45, 7) is 12.2. The summed E-state index contributed by atoms with van der Waals surface area (Å²) in [5, 5.41) is 2.88. The summed E-state index contributed by atoms with van der Waals surface area (Å²) in [6, 6.07) is 28.8. The highest BCUT2D eigenvalue weighted by atomic mass is 35.5. The zero-order chi connectivity index (χ0) is 51.6. The molecule has 0 spiro atoms. The third kappa shape index (κ3) is 18.7. The Bertz CT molecular complexity index is 2830. The van der Waals surface area contributed by atoms with Crippen LogP contribution in [0.5, 0.6) is 0 Å². The fraction of sp³-hybridized carbons (Fsp3) is 0.218. The average molecular weight is 1050 g/mol. The Morgan fingerprint density at radius 3 is 1.15 bits per heavy atom. The Morgan fingerprint density at radius 1 is 0.521 bits per heavy atom. The Morgan fingerprint density at radius 2 is 0.863 bits per heavy atom. The molecule has 0 aliphatic heterocycles. The number of ether oxygens (including phenoxy) is 2. The van der Waals surface area contributed by atoms with Crippen LogP contribution in [0, 0.1) is 0 Å². The molecule has 0 radical (unpaired) electrons. The molecule has 1 amide bonds. The van der Waals surface area contributed by atoms with E-state index in [9.17, 15) is 4.79 Å². The fourth-order valence-electron chi connectivity index (χ4n) is 6.65. The van der Waals surface area contributed by atoms with Gasteiger partial charge in [0.15, 0.2) is 0 Å². The van der Waals surface area contributed by atoms with Gasteiger partial charge in [-0.2, -0.15) is 0 Å². The lowest BCUT2D eigenvalue weighted by Crippen LogP contribution is -2.32. The molecule has 0 saturated heterocycles. The van der Waals surface area contributed by atoms with Gasteiger partial charge < -0.3 is 39.5 Å². The number of amides is 1. The monoisotopic (exact) mass is 1050 g/mol. The van der Waals surface area contributed by atoms with Gasteiger partial charge in [-0.05, 0) is 124 Å². The van der Waals surface area contributed by atoms with Crippen LogP contribution in [0.3, 0.4) is 0 Å². The molecule has 0 bridgehead atoms. The van der Waals surface area contributed by atoms with Crippen molar-refractivity contribution in [2.75, 3.05) is 18.6 Å². The van der Waals surface area contributed by atoms with Gasteiger partial charge in [0.05, 0.1) is 25.0 Å². The number of alkyl carbamates (subject to hydrolysis) is 1. The van der Waals surface area contributed by atoms with E-state index < -0.39 is 11.7 Å². The summed E-state index contributed by atoms with van der Waals surface area (Å²) in [7, 11) is 0. The Labute approximate surface area is 442 Å². The maximum atomic E-state index is 11.8. The third-order valence-corrected chi connectivity index (χ3v) is 9.78. The lowest BCUT2D eigenvalue weighted by Gasteiger charge is -2.19. The molecular weight excluding hydrogens is 989 g/mol. The van der Waals surface area contributed by atoms with Crippen molar-refractivity contribution in [1.29, 1.82) is 0 Å². The second-order valence-corrected chi connectivity index (χ2v) is 16.7. The van der Waals surface area contributed by atoms with Crippen molar-refractivity contribution in [3.63, 3.8) is 0 Å². The molecule has 0 aromatic carbocycles. The number of halogens is 3. The lowest BCUT2D eigenvalue weighted by atomic mass is 10.0. The number of hydrogen-bond acceptors (Lipinski definition) is 14. The van der Waals surface area contributed by atoms with E-state index in [4.69, 9.17) is 57.4 Å². The number of carbonyl (C=O) groups is 1. The first-order valence-corrected chi connectivity index (χ1v) is 24.0. The summed E-state index contributed by atoms with van der Waals surface area (Å²) in [4.78, 5) is 36.8. The molecule has 9 rings (SSSR count). The van der Waals surface area contributed by atoms with Gasteiger partial charge >= 0.3 is 6.09 Å². The quantitative estimate of drug-likeness (QED) is 0.0971. The van der Waals surface area contributed by atoms with Crippen LogP contribution in [0.1, 0.15) is 51.9 Å². The molecule has 0 saturated carbocycles. The minimum absolute atomic E-state index is 0. The maximum Gasteiger partial charge on any atom is 0.408 e. The first-order chi connectivity index (χ1) is 35.0. The largest absolute Gasteiger partial charge is 0.460 e. The molecule has 382 valence electrons. The number of alkyl halides is 2. The highest BCUT2D eigenvalue weighted by molar-refractivity contribution is 6.40. The second-order valence-electron chi connectivity index (χ2n) is 15.9. The molecule has 0 unspecified atom stereocenters. The second kappa shape index (κ2) is 31.3. The van der Waals surface area contributed by atoms with E-state index >= 15 is 0 Å². The van der Waals surface area contributed by atoms with Crippen LogP contribution in [0.25, 0.3) is 67.4 Å². The summed E-state index contributed by atoms with van der Waals surface area (Å²) in [5.74, 6) is 4.37. The maximum absolute atomic E-state index is 11.8. The van der Waals surface area contributed by atoms with E-state index in [0.29, 0.717) is 24.6 Å². The molecule has 15 nitrogen and oxygen atoms in total. The molecule has 0 fully saturated rings. The van der Waals surface area contributed by atoms with Crippen LogP contribution in [-0.2, 0) is 29.1 Å². The fourth-order valence-corrected chi connectivity index (χ4v) is 6.65. The van der Waals surface area contributed by atoms with Gasteiger partial charge in [0.1, 0.15) is 40.2 Å². The van der Waals surface area contributed by atoms with Gasteiger partial charge in [-0.25, -0.2) is 4.79 Å². The molecule has 73 heavy (non-hydrogen) atoms. The molecular formula is C55H60Cl3N9O6. The van der Waals surface area contributed by atoms with E-state index in [1.54, 1.807) is 62.0 Å². The van der Waals surface area contributed by atoms with Crippen molar-refractivity contribution < 1.29 is 27.5 Å². The number of carbonyl (C=O) groups excluding carboxylic acids is 1. The SMILES string of the molecule is CC(C)(C)OC(=O)NCc1ccc(-c2cnccc2-c2cccnc2)o1.CCOCC.Cl.ClCCl.NCc1ccc(-c2cnccc2-c2cccnc2)o1.NCc1ccc(-c2cnccc2-c2cccnc2)o1. The van der Waals surface area contributed by atoms with E-state index in [1.807, 2.05) is 138 Å². The first-order valence-electron chi connectivity index (χ1n) is 22.9. The minimum atomic E-state index is -0.535. The molecule has 5 N–H and O–H groups in total. The highest BCUT2D eigenvalue weighted by Gasteiger charge is 2.18.